The molecule has 0 aliphatic carbocycles. The summed E-state index contributed by atoms with van der Waals surface area (Å²) in [5.41, 5.74) is 7.56. The molecule has 6 heteroatoms. The number of aryl methyl sites for hydroxylation is 1. The van der Waals surface area contributed by atoms with Gasteiger partial charge in [-0.3, -0.25) is 0 Å². The van der Waals surface area contributed by atoms with Crippen LogP contribution < -0.4 is 11.1 Å². The van der Waals surface area contributed by atoms with Crippen LogP contribution in [0.15, 0.2) is 30.5 Å². The number of hydrogen-bond donors (Lipinski definition) is 2. The number of benzene rings is 1. The second-order valence-electron chi connectivity index (χ2n) is 4.37. The van der Waals surface area contributed by atoms with E-state index in [1.165, 1.54) is 4.88 Å². The zero-order chi connectivity index (χ0) is 13.9. The number of nitrogens with one attached hydrogen (secondary N) is 1. The average molecular weight is 285 g/mol. The molecular formula is C14H15N5S. The van der Waals surface area contributed by atoms with Crippen molar-refractivity contribution in [2.24, 2.45) is 0 Å². The van der Waals surface area contributed by atoms with Gasteiger partial charge in [-0.15, -0.1) is 11.3 Å². The third-order valence-electron chi connectivity index (χ3n) is 2.95. The lowest BCUT2D eigenvalue weighted by atomic mass is 10.3. The Morgan fingerprint density at radius 2 is 1.95 bits per heavy atom. The maximum atomic E-state index is 5.93. The second kappa shape index (κ2) is 5.42. The summed E-state index contributed by atoms with van der Waals surface area (Å²) in [6, 6.07) is 7.68. The van der Waals surface area contributed by atoms with Crippen molar-refractivity contribution in [3.63, 3.8) is 0 Å². The van der Waals surface area contributed by atoms with E-state index in [-0.39, 0.29) is 0 Å². The van der Waals surface area contributed by atoms with Crippen LogP contribution in [0.4, 0.5) is 11.6 Å². The van der Waals surface area contributed by atoms with Crippen LogP contribution in [0.3, 0.4) is 0 Å². The number of rotatable bonds is 4. The van der Waals surface area contributed by atoms with Crippen LogP contribution in [0.25, 0.3) is 11.0 Å². The van der Waals surface area contributed by atoms with Crippen molar-refractivity contribution in [1.29, 1.82) is 0 Å². The number of fused-ring (bicyclic) bond motifs is 1. The molecular weight excluding hydrogens is 270 g/mol. The molecule has 0 bridgehead atoms. The molecule has 5 nitrogen and oxygen atoms in total. The third kappa shape index (κ3) is 2.55. The number of para-hydroxylation sites is 2. The molecule has 0 atom stereocenters. The Hall–Kier alpha value is -2.21. The van der Waals surface area contributed by atoms with Gasteiger partial charge in [0.05, 0.1) is 17.6 Å². The fourth-order valence-corrected chi connectivity index (χ4v) is 2.70. The molecule has 3 N–H and O–H groups in total. The monoisotopic (exact) mass is 285 g/mol. The Morgan fingerprint density at radius 3 is 2.65 bits per heavy atom. The highest BCUT2D eigenvalue weighted by Gasteiger charge is 2.06. The Kier molecular flexibility index (Phi) is 3.47. The largest absolute Gasteiger partial charge is 0.381 e. The van der Waals surface area contributed by atoms with Crippen molar-refractivity contribution in [3.05, 3.63) is 40.3 Å². The first-order valence-corrected chi connectivity index (χ1v) is 7.27. The molecule has 0 spiro atoms. The van der Waals surface area contributed by atoms with E-state index in [0.29, 0.717) is 18.2 Å². The first-order chi connectivity index (χ1) is 9.76. The van der Waals surface area contributed by atoms with Crippen LogP contribution in [0.1, 0.15) is 16.8 Å². The van der Waals surface area contributed by atoms with Crippen LogP contribution in [-0.2, 0) is 13.0 Å². The maximum Gasteiger partial charge on any atom is 0.169 e. The molecule has 1 aromatic carbocycles. The van der Waals surface area contributed by atoms with Crippen molar-refractivity contribution in [2.45, 2.75) is 19.9 Å². The smallest absolute Gasteiger partial charge is 0.169 e. The summed E-state index contributed by atoms with van der Waals surface area (Å²) in [7, 11) is 0. The van der Waals surface area contributed by atoms with E-state index in [1.54, 1.807) is 11.3 Å². The Balaban J connectivity index is 1.81. The lowest BCUT2D eigenvalue weighted by Crippen LogP contribution is -2.06. The minimum absolute atomic E-state index is 0.413. The zero-order valence-corrected chi connectivity index (χ0v) is 11.9. The van der Waals surface area contributed by atoms with E-state index < -0.39 is 0 Å². The SMILES string of the molecule is CCc1cnc(CNc2nc3ccccc3nc2N)s1. The van der Waals surface area contributed by atoms with Crippen LogP contribution in [0, 0.1) is 0 Å². The van der Waals surface area contributed by atoms with Gasteiger partial charge in [-0.1, -0.05) is 19.1 Å². The maximum absolute atomic E-state index is 5.93. The normalized spacial score (nSPS) is 10.8. The van der Waals surface area contributed by atoms with Gasteiger partial charge in [-0.05, 0) is 18.6 Å². The van der Waals surface area contributed by atoms with Gasteiger partial charge >= 0.3 is 0 Å². The topological polar surface area (TPSA) is 76.7 Å². The summed E-state index contributed by atoms with van der Waals surface area (Å²) < 4.78 is 0. The van der Waals surface area contributed by atoms with E-state index >= 15 is 0 Å². The molecule has 0 saturated heterocycles. The molecule has 3 rings (SSSR count). The molecule has 2 aromatic heterocycles. The molecule has 0 saturated carbocycles. The van der Waals surface area contributed by atoms with Crippen LogP contribution in [-0.4, -0.2) is 15.0 Å². The van der Waals surface area contributed by atoms with Crippen molar-refractivity contribution in [1.82, 2.24) is 15.0 Å². The van der Waals surface area contributed by atoms with E-state index in [1.807, 2.05) is 30.5 Å². The lowest BCUT2D eigenvalue weighted by Gasteiger charge is -2.07. The molecule has 0 fully saturated rings. The van der Waals surface area contributed by atoms with Crippen molar-refractivity contribution < 1.29 is 0 Å². The molecule has 0 unspecified atom stereocenters. The Morgan fingerprint density at radius 1 is 1.20 bits per heavy atom. The fraction of sp³-hybridized carbons (Fsp3) is 0.214. The summed E-state index contributed by atoms with van der Waals surface area (Å²) in [6.45, 7) is 2.74. The predicted molar refractivity (Wildman–Crippen MR) is 82.8 cm³/mol. The Bertz CT molecular complexity index is 737. The van der Waals surface area contributed by atoms with E-state index in [2.05, 4.69) is 27.2 Å². The lowest BCUT2D eigenvalue weighted by molar-refractivity contribution is 1.07. The minimum Gasteiger partial charge on any atom is -0.381 e. The minimum atomic E-state index is 0.413. The quantitative estimate of drug-likeness (QED) is 0.771. The third-order valence-corrected chi connectivity index (χ3v) is 4.10. The number of anilines is 2. The van der Waals surface area contributed by atoms with Gasteiger partial charge in [0.15, 0.2) is 11.6 Å². The van der Waals surface area contributed by atoms with Crippen LogP contribution >= 0.6 is 11.3 Å². The number of nitrogens with zero attached hydrogens (tertiary/aromatic N) is 3. The molecule has 102 valence electrons. The number of nitrogen functional groups attached to an aromatic ring is 1. The molecule has 2 heterocycles. The summed E-state index contributed by atoms with van der Waals surface area (Å²) in [5, 5.41) is 4.23. The summed E-state index contributed by atoms with van der Waals surface area (Å²) >= 11 is 1.70. The molecule has 0 amide bonds. The van der Waals surface area contributed by atoms with Crippen molar-refractivity contribution in [3.8, 4) is 0 Å². The van der Waals surface area contributed by atoms with E-state index in [4.69, 9.17) is 5.73 Å². The van der Waals surface area contributed by atoms with Gasteiger partial charge in [0, 0.05) is 11.1 Å². The summed E-state index contributed by atoms with van der Waals surface area (Å²) in [4.78, 5) is 14.5. The predicted octanol–water partition coefficient (Wildman–Crippen LogP) is 2.84. The first kappa shape index (κ1) is 12.8. The zero-order valence-electron chi connectivity index (χ0n) is 11.1. The standard InChI is InChI=1S/C14H15N5S/c1-2-9-7-16-12(20-9)8-17-14-13(15)18-10-5-3-4-6-11(10)19-14/h3-7H,2,8H2,1H3,(H2,15,18)(H,17,19). The first-order valence-electron chi connectivity index (χ1n) is 6.46. The number of thiazole rings is 1. The molecule has 3 aromatic rings. The van der Waals surface area contributed by atoms with E-state index in [9.17, 15) is 0 Å². The van der Waals surface area contributed by atoms with Gasteiger partial charge in [-0.25, -0.2) is 15.0 Å². The van der Waals surface area contributed by atoms with Crippen molar-refractivity contribution >= 4 is 34.0 Å². The van der Waals surface area contributed by atoms with E-state index in [0.717, 1.165) is 22.5 Å². The highest BCUT2D eigenvalue weighted by molar-refractivity contribution is 7.11. The summed E-state index contributed by atoms with van der Waals surface area (Å²) in [5.74, 6) is 1.02. The van der Waals surface area contributed by atoms with Gasteiger partial charge in [0.1, 0.15) is 5.01 Å². The van der Waals surface area contributed by atoms with Gasteiger partial charge < -0.3 is 11.1 Å². The van der Waals surface area contributed by atoms with Crippen LogP contribution in [0.5, 0.6) is 0 Å². The van der Waals surface area contributed by atoms with Gasteiger partial charge in [0.2, 0.25) is 0 Å². The molecule has 0 aliphatic heterocycles. The number of hydrogen-bond acceptors (Lipinski definition) is 6. The molecule has 20 heavy (non-hydrogen) atoms. The van der Waals surface area contributed by atoms with Gasteiger partial charge in [-0.2, -0.15) is 0 Å². The number of aromatic nitrogens is 3. The molecule has 0 aliphatic rings. The van der Waals surface area contributed by atoms with Crippen LogP contribution in [0.2, 0.25) is 0 Å². The second-order valence-corrected chi connectivity index (χ2v) is 5.57. The van der Waals surface area contributed by atoms with Gasteiger partial charge in [0.25, 0.3) is 0 Å². The fourth-order valence-electron chi connectivity index (χ4n) is 1.90. The average Bonchev–Trinajstić information content (AvgIpc) is 2.93. The summed E-state index contributed by atoms with van der Waals surface area (Å²) in [6.07, 6.45) is 2.92. The highest BCUT2D eigenvalue weighted by Crippen LogP contribution is 2.20. The highest BCUT2D eigenvalue weighted by atomic mass is 32.1. The van der Waals surface area contributed by atoms with Crippen molar-refractivity contribution in [2.75, 3.05) is 11.1 Å². The number of nitrogens with two attached hydrogens (primary N) is 1. The molecule has 0 radical (unpaired) electrons. The Labute approximate surface area is 120 Å².